The highest BCUT2D eigenvalue weighted by Gasteiger charge is 2.45. The maximum Gasteiger partial charge on any atom is 0.295 e. The van der Waals surface area contributed by atoms with E-state index in [1.807, 2.05) is 0 Å². The quantitative estimate of drug-likeness (QED) is 0.430. The van der Waals surface area contributed by atoms with Crippen LogP contribution in [-0.2, 0) is 4.43 Å². The van der Waals surface area contributed by atoms with Gasteiger partial charge in [-0.3, -0.25) is 0 Å². The summed E-state index contributed by atoms with van der Waals surface area (Å²) in [4.78, 5) is 0. The molecule has 0 aromatic rings. The van der Waals surface area contributed by atoms with Gasteiger partial charge in [0.2, 0.25) is 0 Å². The van der Waals surface area contributed by atoms with Crippen molar-refractivity contribution < 1.29 is 4.43 Å². The van der Waals surface area contributed by atoms with Crippen LogP contribution in [0.25, 0.3) is 0 Å². The zero-order valence-electron chi connectivity index (χ0n) is 13.2. The van der Waals surface area contributed by atoms with E-state index in [9.17, 15) is 0 Å². The van der Waals surface area contributed by atoms with Crippen LogP contribution in [0.5, 0.6) is 0 Å². The Hall–Kier alpha value is 0.467. The Morgan fingerprint density at radius 1 is 1.22 bits per heavy atom. The van der Waals surface area contributed by atoms with Crippen molar-refractivity contribution in [1.82, 2.24) is 0 Å². The summed E-state index contributed by atoms with van der Waals surface area (Å²) >= 11 is 6.87. The Morgan fingerprint density at radius 3 is 2.00 bits per heavy atom. The molecule has 18 heavy (non-hydrogen) atoms. The van der Waals surface area contributed by atoms with Gasteiger partial charge in [-0.05, 0) is 56.0 Å². The van der Waals surface area contributed by atoms with Crippen molar-refractivity contribution in [3.05, 3.63) is 0 Å². The summed E-state index contributed by atoms with van der Waals surface area (Å²) in [5.41, 5.74) is 0.849. The van der Waals surface area contributed by atoms with E-state index >= 15 is 0 Å². The molecule has 1 fully saturated rings. The first-order chi connectivity index (χ1) is 8.08. The van der Waals surface area contributed by atoms with Crippen LogP contribution < -0.4 is 0 Å². The van der Waals surface area contributed by atoms with Crippen molar-refractivity contribution in [2.45, 2.75) is 84.4 Å². The van der Waals surface area contributed by atoms with Gasteiger partial charge in [0.05, 0.1) is 5.60 Å². The van der Waals surface area contributed by atoms with Gasteiger partial charge < -0.3 is 4.43 Å². The molecule has 1 nitrogen and oxygen atoms in total. The van der Waals surface area contributed by atoms with Crippen molar-refractivity contribution >= 4 is 18.7 Å². The van der Waals surface area contributed by atoms with Crippen molar-refractivity contribution in [1.29, 1.82) is 0 Å². The van der Waals surface area contributed by atoms with E-state index in [1.54, 1.807) is 0 Å². The molecule has 0 N–H and O–H groups in total. The summed E-state index contributed by atoms with van der Waals surface area (Å²) in [5, 5.41) is 0. The van der Waals surface area contributed by atoms with Gasteiger partial charge in [-0.1, -0.05) is 34.6 Å². The smallest absolute Gasteiger partial charge is 0.295 e. The summed E-state index contributed by atoms with van der Waals surface area (Å²) in [7, 11) is -2.14. The number of rotatable bonds is 7. The highest BCUT2D eigenvalue weighted by Crippen LogP contribution is 2.45. The number of hydrogen-bond donors (Lipinski definition) is 0. The van der Waals surface area contributed by atoms with Crippen LogP contribution in [-0.4, -0.2) is 13.2 Å². The van der Waals surface area contributed by atoms with Gasteiger partial charge in [0.15, 0.2) is 0 Å². The van der Waals surface area contributed by atoms with E-state index in [0.717, 1.165) is 18.3 Å². The molecular weight excluding hydrogens is 260 g/mol. The topological polar surface area (TPSA) is 9.23 Å². The maximum atomic E-state index is 6.87. The molecule has 2 unspecified atom stereocenters. The first-order valence-corrected chi connectivity index (χ1v) is 10.5. The molecule has 1 saturated carbocycles. The fourth-order valence-corrected chi connectivity index (χ4v) is 6.09. The molecule has 2 atom stereocenters. The van der Waals surface area contributed by atoms with E-state index in [0.29, 0.717) is 11.1 Å². The normalized spacial score (nSPS) is 25.0. The maximum absolute atomic E-state index is 6.87. The lowest BCUT2D eigenvalue weighted by Gasteiger charge is -2.40. The zero-order chi connectivity index (χ0) is 14.1. The third-order valence-electron chi connectivity index (χ3n) is 4.40. The van der Waals surface area contributed by atoms with Crippen LogP contribution in [0.2, 0.25) is 11.1 Å². The van der Waals surface area contributed by atoms with E-state index in [1.165, 1.54) is 12.8 Å². The first kappa shape index (κ1) is 16.5. The molecule has 1 aliphatic carbocycles. The standard InChI is InChI=1S/C15H31ClOSi/c1-11(2)18(16,12(3)4)17-15(6,7)9-8-14-10-13(14)5/h11-14H,8-10H2,1-7H3. The molecule has 1 aliphatic rings. The highest BCUT2D eigenvalue weighted by molar-refractivity contribution is 7.18. The highest BCUT2D eigenvalue weighted by atomic mass is 35.6. The molecule has 0 amide bonds. The van der Waals surface area contributed by atoms with Gasteiger partial charge in [-0.2, -0.15) is 0 Å². The van der Waals surface area contributed by atoms with Crippen LogP contribution in [0, 0.1) is 11.8 Å². The average molecular weight is 291 g/mol. The molecule has 0 radical (unpaired) electrons. The van der Waals surface area contributed by atoms with Gasteiger partial charge in [0, 0.05) is 0 Å². The molecule has 0 heterocycles. The molecule has 0 aromatic heterocycles. The minimum absolute atomic E-state index is 0.0647. The Balaban J connectivity index is 2.55. The lowest BCUT2D eigenvalue weighted by atomic mass is 10.0. The van der Waals surface area contributed by atoms with Crippen LogP contribution >= 0.6 is 11.1 Å². The van der Waals surface area contributed by atoms with Gasteiger partial charge in [0.1, 0.15) is 0 Å². The van der Waals surface area contributed by atoms with Gasteiger partial charge in [-0.15, -0.1) is 11.1 Å². The second-order valence-corrected chi connectivity index (χ2v) is 13.1. The fraction of sp³-hybridized carbons (Fsp3) is 1.00. The van der Waals surface area contributed by atoms with Crippen molar-refractivity contribution in [2.24, 2.45) is 11.8 Å². The number of halogens is 1. The Morgan fingerprint density at radius 2 is 1.67 bits per heavy atom. The SMILES string of the molecule is CC1CC1CCC(C)(C)O[Si](Cl)(C(C)C)C(C)C. The van der Waals surface area contributed by atoms with E-state index in [4.69, 9.17) is 15.5 Å². The fourth-order valence-electron chi connectivity index (χ4n) is 2.71. The molecule has 0 saturated heterocycles. The average Bonchev–Trinajstić information content (AvgIpc) is 2.90. The Kier molecular flexibility index (Phi) is 5.36. The van der Waals surface area contributed by atoms with E-state index in [2.05, 4.69) is 48.5 Å². The summed E-state index contributed by atoms with van der Waals surface area (Å²) in [5.74, 6) is 1.88. The lowest BCUT2D eigenvalue weighted by molar-refractivity contribution is 0.0831. The first-order valence-electron chi connectivity index (χ1n) is 7.47. The van der Waals surface area contributed by atoms with Crippen LogP contribution in [0.15, 0.2) is 0 Å². The predicted molar refractivity (Wildman–Crippen MR) is 83.5 cm³/mol. The van der Waals surface area contributed by atoms with Gasteiger partial charge >= 0.3 is 0 Å². The monoisotopic (exact) mass is 290 g/mol. The van der Waals surface area contributed by atoms with Crippen LogP contribution in [0.4, 0.5) is 0 Å². The molecule has 108 valence electrons. The molecule has 3 heteroatoms. The summed E-state index contributed by atoms with van der Waals surface area (Å²) in [6.07, 6.45) is 3.85. The van der Waals surface area contributed by atoms with E-state index in [-0.39, 0.29) is 5.60 Å². The third kappa shape index (κ3) is 4.24. The summed E-state index contributed by atoms with van der Waals surface area (Å²) in [6.45, 7) is 15.6. The second-order valence-electron chi connectivity index (χ2n) is 7.38. The van der Waals surface area contributed by atoms with Crippen LogP contribution in [0.3, 0.4) is 0 Å². The third-order valence-corrected chi connectivity index (χ3v) is 11.3. The van der Waals surface area contributed by atoms with Gasteiger partial charge in [-0.25, -0.2) is 0 Å². The molecule has 0 aliphatic heterocycles. The minimum atomic E-state index is -2.14. The zero-order valence-corrected chi connectivity index (χ0v) is 15.0. The summed E-state index contributed by atoms with van der Waals surface area (Å²) in [6, 6.07) is 0. The molecule has 0 spiro atoms. The molecule has 1 rings (SSSR count). The lowest BCUT2D eigenvalue weighted by Crippen LogP contribution is -2.46. The van der Waals surface area contributed by atoms with Crippen molar-refractivity contribution in [3.8, 4) is 0 Å². The largest absolute Gasteiger partial charge is 0.397 e. The Bertz CT molecular complexity index is 268. The predicted octanol–water partition coefficient (Wildman–Crippen LogP) is 5.72. The Labute approximate surface area is 119 Å². The second kappa shape index (κ2) is 5.84. The minimum Gasteiger partial charge on any atom is -0.397 e. The van der Waals surface area contributed by atoms with Gasteiger partial charge in [0.25, 0.3) is 7.63 Å². The number of hydrogen-bond acceptors (Lipinski definition) is 1. The van der Waals surface area contributed by atoms with E-state index < -0.39 is 7.63 Å². The van der Waals surface area contributed by atoms with Crippen molar-refractivity contribution in [2.75, 3.05) is 0 Å². The summed E-state index contributed by atoms with van der Waals surface area (Å²) < 4.78 is 6.47. The van der Waals surface area contributed by atoms with Crippen molar-refractivity contribution in [3.63, 3.8) is 0 Å². The molecule has 0 bridgehead atoms. The molecular formula is C15H31ClOSi. The molecule has 0 aromatic carbocycles. The van der Waals surface area contributed by atoms with Crippen LogP contribution in [0.1, 0.15) is 67.7 Å².